The van der Waals surface area contributed by atoms with Gasteiger partial charge >= 0.3 is 12.1 Å². The van der Waals surface area contributed by atoms with Crippen LogP contribution in [0.3, 0.4) is 0 Å². The summed E-state index contributed by atoms with van der Waals surface area (Å²) >= 11 is 0. The van der Waals surface area contributed by atoms with Crippen LogP contribution in [0.5, 0.6) is 5.75 Å². The maximum absolute atomic E-state index is 13.8. The number of carboxylic acid groups (broad SMARTS) is 1. The molecular formula is C28H34F3NO3. The molecule has 0 aromatic heterocycles. The molecule has 1 N–H and O–H groups in total. The molecule has 190 valence electrons. The molecule has 2 aliphatic rings. The first-order chi connectivity index (χ1) is 16.8. The van der Waals surface area contributed by atoms with Gasteiger partial charge in [-0.25, -0.2) is 0 Å². The topological polar surface area (TPSA) is 49.8 Å². The Balaban J connectivity index is 1.34. The number of benzene rings is 2. The van der Waals surface area contributed by atoms with Gasteiger partial charge in [-0.05, 0) is 85.5 Å². The van der Waals surface area contributed by atoms with Crippen molar-refractivity contribution in [2.45, 2.75) is 76.0 Å². The molecular weight excluding hydrogens is 455 g/mol. The highest BCUT2D eigenvalue weighted by molar-refractivity contribution is 5.66. The summed E-state index contributed by atoms with van der Waals surface area (Å²) in [5, 5.41) is 8.84. The van der Waals surface area contributed by atoms with Crippen LogP contribution in [-0.4, -0.2) is 35.6 Å². The van der Waals surface area contributed by atoms with E-state index >= 15 is 0 Å². The molecule has 1 heterocycles. The first-order valence-corrected chi connectivity index (χ1v) is 12.7. The van der Waals surface area contributed by atoms with Crippen molar-refractivity contribution in [3.63, 3.8) is 0 Å². The zero-order valence-corrected chi connectivity index (χ0v) is 20.0. The van der Waals surface area contributed by atoms with Crippen LogP contribution in [-0.2, 0) is 17.6 Å². The van der Waals surface area contributed by atoms with Crippen molar-refractivity contribution < 1.29 is 27.8 Å². The van der Waals surface area contributed by atoms with Gasteiger partial charge < -0.3 is 14.7 Å². The molecule has 4 nitrogen and oxygen atoms in total. The molecule has 1 saturated heterocycles. The van der Waals surface area contributed by atoms with Crippen LogP contribution in [0.2, 0.25) is 0 Å². The lowest BCUT2D eigenvalue weighted by atomic mass is 9.81. The van der Waals surface area contributed by atoms with Gasteiger partial charge in [0.2, 0.25) is 0 Å². The number of halogens is 3. The summed E-state index contributed by atoms with van der Waals surface area (Å²) in [5.41, 5.74) is 1.65. The van der Waals surface area contributed by atoms with Gasteiger partial charge in [-0.2, -0.15) is 13.2 Å². The molecule has 0 atom stereocenters. The summed E-state index contributed by atoms with van der Waals surface area (Å²) in [6.07, 6.45) is 2.51. The Bertz CT molecular complexity index is 976. The molecule has 0 unspecified atom stereocenters. The molecule has 2 fully saturated rings. The number of nitrogens with zero attached hydrogens (tertiary/aromatic N) is 1. The van der Waals surface area contributed by atoms with Crippen molar-refractivity contribution >= 4 is 5.97 Å². The Morgan fingerprint density at radius 3 is 2.26 bits per heavy atom. The van der Waals surface area contributed by atoms with Gasteiger partial charge in [0.1, 0.15) is 12.4 Å². The first kappa shape index (κ1) is 25.5. The zero-order chi connectivity index (χ0) is 24.8. The third-order valence-electron chi connectivity index (χ3n) is 7.45. The summed E-state index contributed by atoms with van der Waals surface area (Å²) in [7, 11) is 0. The van der Waals surface area contributed by atoms with E-state index in [0.717, 1.165) is 58.0 Å². The molecule has 2 aromatic rings. The molecule has 1 aliphatic carbocycles. The minimum atomic E-state index is -4.37. The number of rotatable bonds is 8. The maximum atomic E-state index is 13.8. The highest BCUT2D eigenvalue weighted by Gasteiger charge is 2.35. The normalized spacial score (nSPS) is 18.5. The van der Waals surface area contributed by atoms with Crippen LogP contribution in [0.1, 0.15) is 85.5 Å². The largest absolute Gasteiger partial charge is 0.489 e. The van der Waals surface area contributed by atoms with E-state index in [1.807, 2.05) is 24.3 Å². The maximum Gasteiger partial charge on any atom is 0.416 e. The van der Waals surface area contributed by atoms with Crippen molar-refractivity contribution in [3.05, 3.63) is 64.7 Å². The summed E-state index contributed by atoms with van der Waals surface area (Å²) in [4.78, 5) is 12.9. The fourth-order valence-electron chi connectivity index (χ4n) is 5.45. The second kappa shape index (κ2) is 11.5. The molecule has 4 rings (SSSR count). The number of hydrogen-bond donors (Lipinski definition) is 1. The molecule has 1 saturated carbocycles. The minimum Gasteiger partial charge on any atom is -0.489 e. The summed E-state index contributed by atoms with van der Waals surface area (Å²) in [6, 6.07) is 12.5. The molecule has 7 heteroatoms. The SMILES string of the molecule is O=C(O)CCN1CCC(c2ccc(OCc3ccc(C4CCCCC4)c(C(F)(F)F)c3)cc2)CC1. The van der Waals surface area contributed by atoms with Crippen molar-refractivity contribution in [1.29, 1.82) is 0 Å². The Hall–Kier alpha value is -2.54. The number of carboxylic acids is 1. The smallest absolute Gasteiger partial charge is 0.416 e. The molecule has 0 radical (unpaired) electrons. The van der Waals surface area contributed by atoms with Crippen molar-refractivity contribution in [2.75, 3.05) is 19.6 Å². The summed E-state index contributed by atoms with van der Waals surface area (Å²) in [5.74, 6) is 0.286. The molecule has 0 bridgehead atoms. The van der Waals surface area contributed by atoms with E-state index in [-0.39, 0.29) is 18.9 Å². The minimum absolute atomic E-state index is 0.00748. The van der Waals surface area contributed by atoms with Gasteiger partial charge in [-0.1, -0.05) is 43.5 Å². The van der Waals surface area contributed by atoms with E-state index in [9.17, 15) is 18.0 Å². The van der Waals surface area contributed by atoms with Gasteiger partial charge in [-0.15, -0.1) is 0 Å². The second-order valence-corrected chi connectivity index (χ2v) is 9.87. The number of aliphatic carboxylic acids is 1. The van der Waals surface area contributed by atoms with E-state index < -0.39 is 17.7 Å². The summed E-state index contributed by atoms with van der Waals surface area (Å²) < 4.78 is 47.2. The quantitative estimate of drug-likeness (QED) is 0.434. The lowest BCUT2D eigenvalue weighted by Crippen LogP contribution is -2.34. The first-order valence-electron chi connectivity index (χ1n) is 12.7. The van der Waals surface area contributed by atoms with Crippen molar-refractivity contribution in [2.24, 2.45) is 0 Å². The standard InChI is InChI=1S/C28H34F3NO3/c29-28(30,31)26-18-20(6-11-25(26)23-4-2-1-3-5-23)19-35-24-9-7-21(8-10-24)22-12-15-32(16-13-22)17-14-27(33)34/h6-11,18,22-23H,1-5,12-17,19H2,(H,33,34). The lowest BCUT2D eigenvalue weighted by Gasteiger charge is -2.31. The number of hydrogen-bond acceptors (Lipinski definition) is 3. The van der Waals surface area contributed by atoms with Gasteiger partial charge in [0.25, 0.3) is 0 Å². The molecule has 2 aromatic carbocycles. The Morgan fingerprint density at radius 1 is 0.943 bits per heavy atom. The predicted octanol–water partition coefficient (Wildman–Crippen LogP) is 6.99. The molecule has 0 spiro atoms. The fourth-order valence-corrected chi connectivity index (χ4v) is 5.45. The third-order valence-corrected chi connectivity index (χ3v) is 7.45. The van der Waals surface area contributed by atoms with Crippen LogP contribution in [0.15, 0.2) is 42.5 Å². The Kier molecular flexibility index (Phi) is 8.37. The van der Waals surface area contributed by atoms with Crippen molar-refractivity contribution in [1.82, 2.24) is 4.90 Å². The van der Waals surface area contributed by atoms with E-state index in [4.69, 9.17) is 9.84 Å². The number of ether oxygens (including phenoxy) is 1. The summed E-state index contributed by atoms with van der Waals surface area (Å²) in [6.45, 7) is 2.45. The van der Waals surface area contributed by atoms with Crippen molar-refractivity contribution in [3.8, 4) is 5.75 Å². The highest BCUT2D eigenvalue weighted by atomic mass is 19.4. The van der Waals surface area contributed by atoms with Crippen LogP contribution in [0.4, 0.5) is 13.2 Å². The molecule has 1 aliphatic heterocycles. The number of carbonyl (C=O) groups is 1. The van der Waals surface area contributed by atoms with Crippen LogP contribution in [0, 0.1) is 0 Å². The van der Waals surface area contributed by atoms with E-state index in [2.05, 4.69) is 4.90 Å². The average Bonchev–Trinajstić information content (AvgIpc) is 2.87. The Morgan fingerprint density at radius 2 is 1.63 bits per heavy atom. The van der Waals surface area contributed by atoms with E-state index in [1.54, 1.807) is 12.1 Å². The van der Waals surface area contributed by atoms with Crippen LogP contribution in [0.25, 0.3) is 0 Å². The van der Waals surface area contributed by atoms with Gasteiger partial charge in [0.15, 0.2) is 0 Å². The third kappa shape index (κ3) is 7.00. The highest BCUT2D eigenvalue weighted by Crippen LogP contribution is 2.41. The fraction of sp³-hybridized carbons (Fsp3) is 0.536. The Labute approximate surface area is 205 Å². The van der Waals surface area contributed by atoms with Crippen LogP contribution >= 0.6 is 0 Å². The monoisotopic (exact) mass is 489 g/mol. The average molecular weight is 490 g/mol. The number of alkyl halides is 3. The van der Waals surface area contributed by atoms with Crippen LogP contribution < -0.4 is 4.74 Å². The number of piperidine rings is 1. The van der Waals surface area contributed by atoms with Gasteiger partial charge in [-0.3, -0.25) is 4.79 Å². The molecule has 0 amide bonds. The number of likely N-dealkylation sites (tertiary alicyclic amines) is 1. The predicted molar refractivity (Wildman–Crippen MR) is 129 cm³/mol. The zero-order valence-electron chi connectivity index (χ0n) is 20.0. The van der Waals surface area contributed by atoms with E-state index in [0.29, 0.717) is 29.3 Å². The van der Waals surface area contributed by atoms with Gasteiger partial charge in [0.05, 0.1) is 12.0 Å². The molecule has 35 heavy (non-hydrogen) atoms. The van der Waals surface area contributed by atoms with Gasteiger partial charge in [0, 0.05) is 6.54 Å². The van der Waals surface area contributed by atoms with E-state index in [1.165, 1.54) is 11.6 Å². The lowest BCUT2D eigenvalue weighted by molar-refractivity contribution is -0.139. The second-order valence-electron chi connectivity index (χ2n) is 9.87.